The van der Waals surface area contributed by atoms with Crippen molar-refractivity contribution in [3.05, 3.63) is 36.3 Å². The fourth-order valence-corrected chi connectivity index (χ4v) is 2.81. The quantitative estimate of drug-likeness (QED) is 0.918. The zero-order valence-electron chi connectivity index (χ0n) is 13.4. The summed E-state index contributed by atoms with van der Waals surface area (Å²) in [4.78, 5) is 18.8. The zero-order valence-corrected chi connectivity index (χ0v) is 13.4. The minimum absolute atomic E-state index is 0.112. The summed E-state index contributed by atoms with van der Waals surface area (Å²) in [7, 11) is 3.45. The van der Waals surface area contributed by atoms with E-state index in [1.54, 1.807) is 37.3 Å². The highest BCUT2D eigenvalue weighted by atomic mass is 16.5. The number of aromatic nitrogens is 3. The molecule has 7 heteroatoms. The van der Waals surface area contributed by atoms with Gasteiger partial charge in [-0.15, -0.1) is 0 Å². The van der Waals surface area contributed by atoms with Gasteiger partial charge < -0.3 is 15.0 Å². The number of nitrogens with one attached hydrogen (secondary N) is 1. The molecule has 1 aliphatic rings. The molecule has 3 heterocycles. The predicted molar refractivity (Wildman–Crippen MR) is 86.7 cm³/mol. The maximum absolute atomic E-state index is 12.1. The lowest BCUT2D eigenvalue weighted by atomic mass is 10.0. The lowest BCUT2D eigenvalue weighted by molar-refractivity contribution is 0.0925. The maximum Gasteiger partial charge on any atom is 0.271 e. The predicted octanol–water partition coefficient (Wildman–Crippen LogP) is 1.22. The highest BCUT2D eigenvalue weighted by Gasteiger charge is 2.24. The number of rotatable bonds is 4. The summed E-state index contributed by atoms with van der Waals surface area (Å²) in [5.41, 5.74) is 0.460. The molecule has 1 fully saturated rings. The van der Waals surface area contributed by atoms with Crippen LogP contribution in [-0.4, -0.2) is 46.9 Å². The molecule has 1 aliphatic heterocycles. The number of anilines is 1. The van der Waals surface area contributed by atoms with E-state index in [-0.39, 0.29) is 11.9 Å². The van der Waals surface area contributed by atoms with Crippen molar-refractivity contribution in [1.29, 1.82) is 0 Å². The second-order valence-electron chi connectivity index (χ2n) is 5.64. The summed E-state index contributed by atoms with van der Waals surface area (Å²) in [6.07, 6.45) is 5.29. The Balaban J connectivity index is 1.57. The van der Waals surface area contributed by atoms with E-state index in [0.29, 0.717) is 5.69 Å². The second kappa shape index (κ2) is 6.68. The van der Waals surface area contributed by atoms with Gasteiger partial charge in [-0.25, -0.2) is 4.98 Å². The molecular weight excluding hydrogens is 294 g/mol. The number of ether oxygens (including phenoxy) is 1. The van der Waals surface area contributed by atoms with Gasteiger partial charge in [0, 0.05) is 38.6 Å². The van der Waals surface area contributed by atoms with Crippen LogP contribution in [0.25, 0.3) is 0 Å². The number of hydrogen-bond acceptors (Lipinski definition) is 5. The number of aryl methyl sites for hydroxylation is 1. The van der Waals surface area contributed by atoms with Crippen molar-refractivity contribution in [3.8, 4) is 5.75 Å². The van der Waals surface area contributed by atoms with E-state index in [9.17, 15) is 4.79 Å². The SMILES string of the molecule is COc1cccnc1N1CCC(NC(=O)c2ccn(C)n2)CC1. The van der Waals surface area contributed by atoms with Gasteiger partial charge >= 0.3 is 0 Å². The van der Waals surface area contributed by atoms with Crippen LogP contribution in [0.15, 0.2) is 30.6 Å². The molecule has 1 saturated heterocycles. The van der Waals surface area contributed by atoms with Crippen molar-refractivity contribution in [2.24, 2.45) is 7.05 Å². The average molecular weight is 315 g/mol. The molecule has 0 spiro atoms. The van der Waals surface area contributed by atoms with Gasteiger partial charge in [-0.2, -0.15) is 5.10 Å². The van der Waals surface area contributed by atoms with Gasteiger partial charge in [-0.1, -0.05) is 0 Å². The Bertz CT molecular complexity index is 677. The lowest BCUT2D eigenvalue weighted by Crippen LogP contribution is -2.45. The third kappa shape index (κ3) is 3.44. The summed E-state index contributed by atoms with van der Waals surface area (Å²) in [6, 6.07) is 5.67. The van der Waals surface area contributed by atoms with Gasteiger partial charge in [0.05, 0.1) is 7.11 Å². The number of amides is 1. The first-order valence-corrected chi connectivity index (χ1v) is 7.72. The molecule has 2 aromatic rings. The van der Waals surface area contributed by atoms with E-state index in [1.165, 1.54) is 0 Å². The second-order valence-corrected chi connectivity index (χ2v) is 5.64. The van der Waals surface area contributed by atoms with Gasteiger partial charge in [0.15, 0.2) is 11.6 Å². The topological polar surface area (TPSA) is 72.3 Å². The number of nitrogens with zero attached hydrogens (tertiary/aromatic N) is 4. The minimum atomic E-state index is -0.112. The van der Waals surface area contributed by atoms with Crippen LogP contribution < -0.4 is 15.0 Å². The molecule has 3 rings (SSSR count). The number of hydrogen-bond donors (Lipinski definition) is 1. The number of carbonyl (C=O) groups excluding carboxylic acids is 1. The van der Waals surface area contributed by atoms with Crippen LogP contribution in [0.5, 0.6) is 5.75 Å². The number of piperidine rings is 1. The van der Waals surface area contributed by atoms with Gasteiger partial charge in [0.25, 0.3) is 5.91 Å². The third-order valence-corrected chi connectivity index (χ3v) is 4.05. The van der Waals surface area contributed by atoms with Crippen LogP contribution >= 0.6 is 0 Å². The van der Waals surface area contributed by atoms with E-state index in [1.807, 2.05) is 12.1 Å². The van der Waals surface area contributed by atoms with Gasteiger partial charge in [0.2, 0.25) is 0 Å². The molecule has 0 saturated carbocycles. The third-order valence-electron chi connectivity index (χ3n) is 4.05. The summed E-state index contributed by atoms with van der Waals surface area (Å²) in [5, 5.41) is 7.18. The van der Waals surface area contributed by atoms with Crippen LogP contribution in [0, 0.1) is 0 Å². The van der Waals surface area contributed by atoms with Crippen LogP contribution in [0.1, 0.15) is 23.3 Å². The normalized spacial score (nSPS) is 15.5. The molecule has 0 bridgehead atoms. The zero-order chi connectivity index (χ0) is 16.2. The lowest BCUT2D eigenvalue weighted by Gasteiger charge is -2.33. The number of carbonyl (C=O) groups is 1. The Morgan fingerprint density at radius 1 is 1.35 bits per heavy atom. The molecule has 7 nitrogen and oxygen atoms in total. The Labute approximate surface area is 135 Å². The maximum atomic E-state index is 12.1. The smallest absolute Gasteiger partial charge is 0.271 e. The van der Waals surface area contributed by atoms with Crippen molar-refractivity contribution in [3.63, 3.8) is 0 Å². The van der Waals surface area contributed by atoms with Crippen LogP contribution in [0.3, 0.4) is 0 Å². The first kappa shape index (κ1) is 15.3. The number of methoxy groups -OCH3 is 1. The fourth-order valence-electron chi connectivity index (χ4n) is 2.81. The van der Waals surface area contributed by atoms with Crippen molar-refractivity contribution < 1.29 is 9.53 Å². The molecule has 1 N–H and O–H groups in total. The first-order valence-electron chi connectivity index (χ1n) is 7.72. The van der Waals surface area contributed by atoms with E-state index in [4.69, 9.17) is 4.74 Å². The molecule has 1 amide bonds. The van der Waals surface area contributed by atoms with E-state index < -0.39 is 0 Å². The minimum Gasteiger partial charge on any atom is -0.493 e. The van der Waals surface area contributed by atoms with Gasteiger partial charge in [-0.05, 0) is 31.0 Å². The van der Waals surface area contributed by atoms with Gasteiger partial charge in [0.1, 0.15) is 5.69 Å². The van der Waals surface area contributed by atoms with Crippen molar-refractivity contribution >= 4 is 11.7 Å². The van der Waals surface area contributed by atoms with Crippen LogP contribution in [0.4, 0.5) is 5.82 Å². The Morgan fingerprint density at radius 3 is 2.78 bits per heavy atom. The summed E-state index contributed by atoms with van der Waals surface area (Å²) in [6.45, 7) is 1.67. The van der Waals surface area contributed by atoms with E-state index >= 15 is 0 Å². The molecule has 0 radical (unpaired) electrons. The van der Waals surface area contributed by atoms with Crippen molar-refractivity contribution in [2.45, 2.75) is 18.9 Å². The molecule has 122 valence electrons. The molecular formula is C16H21N5O2. The molecule has 23 heavy (non-hydrogen) atoms. The fraction of sp³-hybridized carbons (Fsp3) is 0.438. The molecule has 0 aromatic carbocycles. The Kier molecular flexibility index (Phi) is 4.45. The summed E-state index contributed by atoms with van der Waals surface area (Å²) < 4.78 is 7.00. The van der Waals surface area contributed by atoms with Crippen LogP contribution in [0.2, 0.25) is 0 Å². The molecule has 0 aliphatic carbocycles. The summed E-state index contributed by atoms with van der Waals surface area (Å²) >= 11 is 0. The van der Waals surface area contributed by atoms with Crippen molar-refractivity contribution in [2.75, 3.05) is 25.1 Å². The first-order chi connectivity index (χ1) is 11.2. The molecule has 0 atom stereocenters. The van der Waals surface area contributed by atoms with Gasteiger partial charge in [-0.3, -0.25) is 9.48 Å². The Morgan fingerprint density at radius 2 is 2.13 bits per heavy atom. The average Bonchev–Trinajstić information content (AvgIpc) is 3.02. The molecule has 2 aromatic heterocycles. The largest absolute Gasteiger partial charge is 0.493 e. The van der Waals surface area contributed by atoms with E-state index in [0.717, 1.165) is 37.5 Å². The standard InChI is InChI=1S/C16H21N5O2/c1-20-9-7-13(19-20)16(22)18-12-5-10-21(11-6-12)15-14(23-2)4-3-8-17-15/h3-4,7-9,12H,5-6,10-11H2,1-2H3,(H,18,22). The summed E-state index contributed by atoms with van der Waals surface area (Å²) in [5.74, 6) is 1.53. The number of pyridine rings is 1. The Hall–Kier alpha value is -2.57. The van der Waals surface area contributed by atoms with E-state index in [2.05, 4.69) is 20.3 Å². The monoisotopic (exact) mass is 315 g/mol. The van der Waals surface area contributed by atoms with Crippen molar-refractivity contribution in [1.82, 2.24) is 20.1 Å². The highest BCUT2D eigenvalue weighted by Crippen LogP contribution is 2.27. The molecule has 0 unspecified atom stereocenters. The van der Waals surface area contributed by atoms with Crippen LogP contribution in [-0.2, 0) is 7.05 Å². The highest BCUT2D eigenvalue weighted by molar-refractivity contribution is 5.92.